The van der Waals surface area contributed by atoms with E-state index in [0.717, 1.165) is 4.70 Å². The van der Waals surface area contributed by atoms with Crippen molar-refractivity contribution in [2.45, 2.75) is 19.9 Å². The van der Waals surface area contributed by atoms with Crippen molar-refractivity contribution in [2.75, 3.05) is 18.1 Å². The van der Waals surface area contributed by atoms with Crippen LogP contribution in [0.5, 0.6) is 11.5 Å². The molecule has 1 aliphatic heterocycles. The number of rotatable bonds is 7. The molecule has 0 radical (unpaired) electrons. The summed E-state index contributed by atoms with van der Waals surface area (Å²) in [5, 5.41) is 11.6. The Bertz CT molecular complexity index is 1480. The van der Waals surface area contributed by atoms with Gasteiger partial charge in [-0.05, 0) is 55.8 Å². The van der Waals surface area contributed by atoms with E-state index in [9.17, 15) is 14.7 Å². The summed E-state index contributed by atoms with van der Waals surface area (Å²) in [5.41, 5.74) is 1.59. The van der Waals surface area contributed by atoms with Crippen LogP contribution in [0, 0.1) is 0 Å². The Kier molecular flexibility index (Phi) is 6.39. The lowest BCUT2D eigenvalue weighted by Crippen LogP contribution is -2.29. The van der Waals surface area contributed by atoms with Gasteiger partial charge in [0.25, 0.3) is 5.78 Å². The van der Waals surface area contributed by atoms with E-state index in [-0.39, 0.29) is 11.3 Å². The summed E-state index contributed by atoms with van der Waals surface area (Å²) in [5.74, 6) is -0.607. The number of Topliss-reactive ketones (excluding diaryl/α,β-unsaturated/α-hetero) is 1. The predicted octanol–water partition coefficient (Wildman–Crippen LogP) is 5.12. The van der Waals surface area contributed by atoms with E-state index < -0.39 is 17.7 Å². The van der Waals surface area contributed by atoms with E-state index in [4.69, 9.17) is 9.47 Å². The minimum absolute atomic E-state index is 0.0316. The average Bonchev–Trinajstić information content (AvgIpc) is 3.42. The Labute approximate surface area is 211 Å². The largest absolute Gasteiger partial charge is 0.507 e. The lowest BCUT2D eigenvalue weighted by atomic mass is 9.96. The monoisotopic (exact) mass is 501 g/mol. The molecule has 0 aliphatic carbocycles. The molecule has 1 aliphatic rings. The number of carbonyl (C=O) groups excluding carboxylic acids is 2. The van der Waals surface area contributed by atoms with Gasteiger partial charge >= 0.3 is 5.91 Å². The number of hydrogen-bond donors (Lipinski definition) is 1. The molecule has 36 heavy (non-hydrogen) atoms. The van der Waals surface area contributed by atoms with Crippen LogP contribution < -0.4 is 14.4 Å². The smallest absolute Gasteiger partial charge is 0.301 e. The summed E-state index contributed by atoms with van der Waals surface area (Å²) < 4.78 is 11.9. The third-order valence-electron chi connectivity index (χ3n) is 5.73. The minimum Gasteiger partial charge on any atom is -0.507 e. The molecule has 5 rings (SSSR count). The highest BCUT2D eigenvalue weighted by molar-refractivity contribution is 7.22. The third kappa shape index (κ3) is 4.18. The van der Waals surface area contributed by atoms with Crippen LogP contribution in [-0.2, 0) is 9.59 Å². The first-order chi connectivity index (χ1) is 17.5. The van der Waals surface area contributed by atoms with Crippen LogP contribution in [0.1, 0.15) is 31.0 Å². The van der Waals surface area contributed by atoms with Crippen molar-refractivity contribution >= 4 is 44.1 Å². The zero-order valence-corrected chi connectivity index (χ0v) is 20.5. The molecule has 1 saturated heterocycles. The Morgan fingerprint density at radius 3 is 2.53 bits per heavy atom. The van der Waals surface area contributed by atoms with E-state index in [2.05, 4.69) is 9.97 Å². The Morgan fingerprint density at radius 2 is 1.81 bits per heavy atom. The number of fused-ring (bicyclic) bond motifs is 1. The van der Waals surface area contributed by atoms with E-state index in [1.54, 1.807) is 48.8 Å². The van der Waals surface area contributed by atoms with Gasteiger partial charge in [0.05, 0.1) is 35.0 Å². The molecule has 4 aromatic rings. The molecule has 3 heterocycles. The van der Waals surface area contributed by atoms with Crippen LogP contribution in [0.25, 0.3) is 16.0 Å². The number of amides is 1. The van der Waals surface area contributed by atoms with Gasteiger partial charge < -0.3 is 14.6 Å². The fourth-order valence-corrected chi connectivity index (χ4v) is 5.21. The molecule has 1 amide bonds. The number of thiazole rings is 1. The fourth-order valence-electron chi connectivity index (χ4n) is 4.19. The standard InChI is InChI=1S/C27H23N3O5S/c1-3-34-18-9-5-7-16(13-18)24(31)22-23(17-8-6-12-28-15-17)30(26(33)25(22)32)27-29-20-11-10-19(35-4-2)14-21(20)36-27/h5-15,23,31H,3-4H2,1-2H3/b24-22+. The second-order valence-corrected chi connectivity index (χ2v) is 8.98. The molecule has 1 atom stereocenters. The first-order valence-corrected chi connectivity index (χ1v) is 12.3. The summed E-state index contributed by atoms with van der Waals surface area (Å²) in [7, 11) is 0. The van der Waals surface area contributed by atoms with Gasteiger partial charge in [-0.25, -0.2) is 4.98 Å². The summed E-state index contributed by atoms with van der Waals surface area (Å²) in [6, 6.07) is 14.9. The van der Waals surface area contributed by atoms with Gasteiger partial charge in [-0.3, -0.25) is 19.5 Å². The molecule has 0 bridgehead atoms. The van der Waals surface area contributed by atoms with Crippen molar-refractivity contribution in [1.82, 2.24) is 9.97 Å². The van der Waals surface area contributed by atoms with Crippen molar-refractivity contribution in [2.24, 2.45) is 0 Å². The average molecular weight is 502 g/mol. The predicted molar refractivity (Wildman–Crippen MR) is 137 cm³/mol. The van der Waals surface area contributed by atoms with Crippen LogP contribution in [0.4, 0.5) is 5.13 Å². The molecule has 182 valence electrons. The maximum atomic E-state index is 13.4. The van der Waals surface area contributed by atoms with Gasteiger partial charge in [-0.2, -0.15) is 0 Å². The molecule has 0 spiro atoms. The maximum absolute atomic E-state index is 13.4. The summed E-state index contributed by atoms with van der Waals surface area (Å²) in [6.45, 7) is 4.74. The van der Waals surface area contributed by atoms with Crippen LogP contribution in [0.15, 0.2) is 72.6 Å². The molecule has 0 saturated carbocycles. The molecule has 8 nitrogen and oxygen atoms in total. The van der Waals surface area contributed by atoms with E-state index in [0.29, 0.717) is 46.5 Å². The van der Waals surface area contributed by atoms with Crippen LogP contribution in [0.2, 0.25) is 0 Å². The number of benzene rings is 2. The number of hydrogen-bond acceptors (Lipinski definition) is 8. The van der Waals surface area contributed by atoms with Crippen molar-refractivity contribution in [3.05, 3.63) is 83.7 Å². The van der Waals surface area contributed by atoms with Crippen molar-refractivity contribution < 1.29 is 24.2 Å². The van der Waals surface area contributed by atoms with Gasteiger partial charge in [-0.1, -0.05) is 29.5 Å². The van der Waals surface area contributed by atoms with Crippen LogP contribution in [0.3, 0.4) is 0 Å². The molecule has 2 aromatic carbocycles. The van der Waals surface area contributed by atoms with Crippen molar-refractivity contribution in [3.8, 4) is 11.5 Å². The Balaban J connectivity index is 1.67. The first-order valence-electron chi connectivity index (χ1n) is 11.5. The number of aliphatic hydroxyl groups excluding tert-OH is 1. The normalized spacial score (nSPS) is 17.1. The zero-order valence-electron chi connectivity index (χ0n) is 19.7. The number of aliphatic hydroxyl groups is 1. The number of anilines is 1. The number of ether oxygens (including phenoxy) is 2. The molecule has 1 fully saturated rings. The van der Waals surface area contributed by atoms with E-state index >= 15 is 0 Å². The summed E-state index contributed by atoms with van der Waals surface area (Å²) >= 11 is 1.27. The summed E-state index contributed by atoms with van der Waals surface area (Å²) in [6.07, 6.45) is 3.18. The van der Waals surface area contributed by atoms with Crippen LogP contribution in [-0.4, -0.2) is 40.0 Å². The zero-order chi connectivity index (χ0) is 25.2. The number of pyridine rings is 1. The molecule has 9 heteroatoms. The number of aromatic nitrogens is 2. The highest BCUT2D eigenvalue weighted by atomic mass is 32.1. The van der Waals surface area contributed by atoms with E-state index in [1.807, 2.05) is 32.0 Å². The van der Waals surface area contributed by atoms with E-state index in [1.165, 1.54) is 16.2 Å². The quantitative estimate of drug-likeness (QED) is 0.213. The fraction of sp³-hybridized carbons (Fsp3) is 0.185. The SMILES string of the molecule is CCOc1cccc(/C(O)=C2\C(=O)C(=O)N(c3nc4ccc(OCC)cc4s3)C2c2cccnc2)c1. The van der Waals surface area contributed by atoms with Gasteiger partial charge in [0.15, 0.2) is 5.13 Å². The highest BCUT2D eigenvalue weighted by Crippen LogP contribution is 2.44. The molecular formula is C27H23N3O5S. The molecular weight excluding hydrogens is 478 g/mol. The molecule has 2 aromatic heterocycles. The van der Waals surface area contributed by atoms with Crippen LogP contribution >= 0.6 is 11.3 Å². The lowest BCUT2D eigenvalue weighted by molar-refractivity contribution is -0.132. The number of carbonyl (C=O) groups is 2. The van der Waals surface area contributed by atoms with Gasteiger partial charge in [0, 0.05) is 18.0 Å². The highest BCUT2D eigenvalue weighted by Gasteiger charge is 2.48. The third-order valence-corrected chi connectivity index (χ3v) is 6.75. The van der Waals surface area contributed by atoms with Crippen molar-refractivity contribution in [1.29, 1.82) is 0 Å². The second-order valence-electron chi connectivity index (χ2n) is 7.98. The Hall–Kier alpha value is -4.24. The topological polar surface area (TPSA) is 102 Å². The molecule has 1 unspecified atom stereocenters. The van der Waals surface area contributed by atoms with Gasteiger partial charge in [0.1, 0.15) is 17.3 Å². The minimum atomic E-state index is -0.902. The number of ketones is 1. The maximum Gasteiger partial charge on any atom is 0.301 e. The van der Waals surface area contributed by atoms with Crippen molar-refractivity contribution in [3.63, 3.8) is 0 Å². The number of nitrogens with zero attached hydrogens (tertiary/aromatic N) is 3. The lowest BCUT2D eigenvalue weighted by Gasteiger charge is -2.22. The molecule has 1 N–H and O–H groups in total. The Morgan fingerprint density at radius 1 is 1.03 bits per heavy atom. The first kappa shape index (κ1) is 23.5. The van der Waals surface area contributed by atoms with Gasteiger partial charge in [-0.15, -0.1) is 0 Å². The van der Waals surface area contributed by atoms with Gasteiger partial charge in [0.2, 0.25) is 0 Å². The second kappa shape index (κ2) is 9.79. The summed E-state index contributed by atoms with van der Waals surface area (Å²) in [4.78, 5) is 36.9.